The molecule has 1 aromatic carbocycles. The minimum absolute atomic E-state index is 0.114. The van der Waals surface area contributed by atoms with E-state index in [0.717, 1.165) is 32.1 Å². The van der Waals surface area contributed by atoms with Gasteiger partial charge in [0.25, 0.3) is 0 Å². The first-order valence-corrected chi connectivity index (χ1v) is 13.2. The van der Waals surface area contributed by atoms with Gasteiger partial charge in [0, 0.05) is 18.2 Å². The van der Waals surface area contributed by atoms with Gasteiger partial charge in [-0.25, -0.2) is 4.79 Å². The van der Waals surface area contributed by atoms with Crippen molar-refractivity contribution in [3.8, 4) is 12.3 Å². The van der Waals surface area contributed by atoms with E-state index >= 15 is 0 Å². The average Bonchev–Trinajstić information content (AvgIpc) is 2.79. The van der Waals surface area contributed by atoms with E-state index in [1.54, 1.807) is 31.7 Å². The predicted molar refractivity (Wildman–Crippen MR) is 142 cm³/mol. The molecule has 1 saturated carbocycles. The summed E-state index contributed by atoms with van der Waals surface area (Å²) in [6.45, 7) is 11.8. The second kappa shape index (κ2) is 13.3. The van der Waals surface area contributed by atoms with Gasteiger partial charge in [0.2, 0.25) is 11.8 Å². The van der Waals surface area contributed by atoms with Crippen LogP contribution in [-0.2, 0) is 14.3 Å². The number of rotatable bonds is 11. The molecule has 7 heteroatoms. The van der Waals surface area contributed by atoms with Crippen LogP contribution < -0.4 is 10.6 Å². The van der Waals surface area contributed by atoms with Crippen LogP contribution in [0.3, 0.4) is 0 Å². The number of unbranched alkanes of at least 4 members (excludes halogenated alkanes) is 1. The molecular weight excluding hydrogens is 454 g/mol. The molecule has 1 aliphatic rings. The normalized spacial score (nSPS) is 16.0. The lowest BCUT2D eigenvalue weighted by atomic mass is 9.86. The maximum Gasteiger partial charge on any atom is 0.408 e. The Morgan fingerprint density at radius 2 is 1.86 bits per heavy atom. The van der Waals surface area contributed by atoms with Crippen molar-refractivity contribution in [3.05, 3.63) is 35.4 Å². The Labute approximate surface area is 216 Å². The number of carbonyl (C=O) groups excluding carboxylic acids is 3. The molecule has 0 aliphatic heterocycles. The van der Waals surface area contributed by atoms with Crippen LogP contribution in [0.5, 0.6) is 0 Å². The van der Waals surface area contributed by atoms with Crippen molar-refractivity contribution in [2.24, 2.45) is 5.92 Å². The number of benzene rings is 1. The summed E-state index contributed by atoms with van der Waals surface area (Å²) in [5.41, 5.74) is 0.494. The Bertz CT molecular complexity index is 943. The van der Waals surface area contributed by atoms with Gasteiger partial charge in [0.1, 0.15) is 17.7 Å². The van der Waals surface area contributed by atoms with Crippen molar-refractivity contribution < 1.29 is 19.1 Å². The Morgan fingerprint density at radius 1 is 1.19 bits per heavy atom. The molecule has 36 heavy (non-hydrogen) atoms. The first-order valence-electron chi connectivity index (χ1n) is 13.2. The number of nitrogens with zero attached hydrogens (tertiary/aromatic N) is 1. The summed E-state index contributed by atoms with van der Waals surface area (Å²) in [5, 5.41) is 5.82. The van der Waals surface area contributed by atoms with Gasteiger partial charge < -0.3 is 20.3 Å². The van der Waals surface area contributed by atoms with E-state index in [0.29, 0.717) is 24.1 Å². The second-order valence-electron chi connectivity index (χ2n) is 10.6. The number of amides is 3. The van der Waals surface area contributed by atoms with Gasteiger partial charge in [-0.2, -0.15) is 0 Å². The van der Waals surface area contributed by atoms with Gasteiger partial charge in [-0.3, -0.25) is 9.59 Å². The lowest BCUT2D eigenvalue weighted by Gasteiger charge is -2.44. The van der Waals surface area contributed by atoms with E-state index in [1.807, 2.05) is 32.0 Å². The molecule has 1 aromatic rings. The van der Waals surface area contributed by atoms with Gasteiger partial charge in [-0.15, -0.1) is 6.42 Å². The van der Waals surface area contributed by atoms with E-state index in [4.69, 9.17) is 11.2 Å². The molecule has 0 bridgehead atoms. The number of ether oxygens (including phenoxy) is 1. The zero-order chi connectivity index (χ0) is 26.9. The lowest BCUT2D eigenvalue weighted by molar-refractivity contribution is -0.148. The third kappa shape index (κ3) is 7.74. The van der Waals surface area contributed by atoms with Gasteiger partial charge in [-0.1, -0.05) is 57.7 Å². The fourth-order valence-corrected chi connectivity index (χ4v) is 4.23. The molecule has 3 atom stereocenters. The Hall–Kier alpha value is -3.01. The van der Waals surface area contributed by atoms with Crippen LogP contribution >= 0.6 is 0 Å². The van der Waals surface area contributed by atoms with Crippen molar-refractivity contribution in [1.82, 2.24) is 15.5 Å². The standard InChI is InChI=1S/C29H43N3O4/c1-8-11-19-30-26(33)25(23-18-13-12-15-21(23)10-3)32(22-16-14-17-22)27(34)24(20(4)9-2)31-28(35)36-29(5,6)7/h3,12-13,15,18,20,22,24-25H,8-9,11,14,16-17,19H2,1-2,4-7H3,(H,30,33)(H,31,35). The van der Waals surface area contributed by atoms with Gasteiger partial charge >= 0.3 is 6.09 Å². The number of terminal acetylenes is 1. The number of hydrogen-bond acceptors (Lipinski definition) is 4. The summed E-state index contributed by atoms with van der Waals surface area (Å²) >= 11 is 0. The van der Waals surface area contributed by atoms with Crippen LogP contribution in [0.25, 0.3) is 0 Å². The summed E-state index contributed by atoms with van der Waals surface area (Å²) in [6, 6.07) is 5.42. The monoisotopic (exact) mass is 497 g/mol. The molecule has 3 amide bonds. The number of carbonyl (C=O) groups is 3. The van der Waals surface area contributed by atoms with E-state index in [1.165, 1.54) is 0 Å². The van der Waals surface area contributed by atoms with E-state index in [2.05, 4.69) is 23.5 Å². The van der Waals surface area contributed by atoms with Crippen LogP contribution in [0.1, 0.15) is 97.2 Å². The van der Waals surface area contributed by atoms with E-state index < -0.39 is 23.8 Å². The van der Waals surface area contributed by atoms with Crippen LogP contribution in [-0.4, -0.2) is 47.0 Å². The maximum absolute atomic E-state index is 14.3. The number of nitrogens with one attached hydrogen (secondary N) is 2. The highest BCUT2D eigenvalue weighted by Gasteiger charge is 2.43. The predicted octanol–water partition coefficient (Wildman–Crippen LogP) is 4.95. The van der Waals surface area contributed by atoms with Crippen LogP contribution in [0, 0.1) is 18.3 Å². The first kappa shape index (κ1) is 29.2. The minimum atomic E-state index is -0.890. The highest BCUT2D eigenvalue weighted by atomic mass is 16.6. The zero-order valence-corrected chi connectivity index (χ0v) is 22.7. The minimum Gasteiger partial charge on any atom is -0.444 e. The molecule has 0 aromatic heterocycles. The van der Waals surface area contributed by atoms with Crippen LogP contribution in [0.2, 0.25) is 0 Å². The van der Waals surface area contributed by atoms with Gasteiger partial charge in [0.05, 0.1) is 0 Å². The topological polar surface area (TPSA) is 87.7 Å². The SMILES string of the molecule is C#Cc1ccccc1C(C(=O)NCCCC)N(C(=O)C(NC(=O)OC(C)(C)C)C(C)CC)C1CCC1. The molecule has 0 radical (unpaired) electrons. The highest BCUT2D eigenvalue weighted by Crippen LogP contribution is 2.35. The van der Waals surface area contributed by atoms with E-state index in [9.17, 15) is 14.4 Å². The summed E-state index contributed by atoms with van der Waals surface area (Å²) < 4.78 is 5.46. The molecule has 0 saturated heterocycles. The first-order chi connectivity index (χ1) is 17.0. The number of alkyl carbamates (subject to hydrolysis) is 1. The molecular formula is C29H43N3O4. The Balaban J connectivity index is 2.53. The molecule has 1 fully saturated rings. The fraction of sp³-hybridized carbons (Fsp3) is 0.621. The lowest BCUT2D eigenvalue weighted by Crippen LogP contribution is -2.59. The van der Waals surface area contributed by atoms with Crippen molar-refractivity contribution in [3.63, 3.8) is 0 Å². The van der Waals surface area contributed by atoms with Gasteiger partial charge in [-0.05, 0) is 64.0 Å². The second-order valence-corrected chi connectivity index (χ2v) is 10.6. The van der Waals surface area contributed by atoms with Crippen molar-refractivity contribution >= 4 is 17.9 Å². The molecule has 0 heterocycles. The average molecular weight is 498 g/mol. The summed E-state index contributed by atoms with van der Waals surface area (Å²) in [5.74, 6) is 1.97. The van der Waals surface area contributed by atoms with Crippen LogP contribution in [0.4, 0.5) is 4.79 Å². The smallest absolute Gasteiger partial charge is 0.408 e. The summed E-state index contributed by atoms with van der Waals surface area (Å²) in [7, 11) is 0. The third-order valence-electron chi connectivity index (χ3n) is 6.64. The largest absolute Gasteiger partial charge is 0.444 e. The molecule has 198 valence electrons. The Morgan fingerprint density at radius 3 is 2.39 bits per heavy atom. The number of hydrogen-bond donors (Lipinski definition) is 2. The van der Waals surface area contributed by atoms with Crippen LogP contribution in [0.15, 0.2) is 24.3 Å². The molecule has 2 rings (SSSR count). The summed E-state index contributed by atoms with van der Waals surface area (Å²) in [6.07, 6.45) is 10.2. The Kier molecular flexibility index (Phi) is 10.8. The molecule has 2 N–H and O–H groups in total. The quantitative estimate of drug-likeness (QED) is 0.335. The third-order valence-corrected chi connectivity index (χ3v) is 6.64. The fourth-order valence-electron chi connectivity index (χ4n) is 4.23. The summed E-state index contributed by atoms with van der Waals surface area (Å²) in [4.78, 5) is 42.3. The van der Waals surface area contributed by atoms with Gasteiger partial charge in [0.15, 0.2) is 0 Å². The zero-order valence-electron chi connectivity index (χ0n) is 22.7. The molecule has 3 unspecified atom stereocenters. The maximum atomic E-state index is 14.3. The molecule has 1 aliphatic carbocycles. The van der Waals surface area contributed by atoms with Crippen molar-refractivity contribution in [1.29, 1.82) is 0 Å². The van der Waals surface area contributed by atoms with Crippen molar-refractivity contribution in [2.45, 2.75) is 104 Å². The highest BCUT2D eigenvalue weighted by molar-refractivity contribution is 5.93. The van der Waals surface area contributed by atoms with Crippen molar-refractivity contribution in [2.75, 3.05) is 6.54 Å². The molecule has 0 spiro atoms. The molecule has 7 nitrogen and oxygen atoms in total. The van der Waals surface area contributed by atoms with E-state index in [-0.39, 0.29) is 23.8 Å².